The van der Waals surface area contributed by atoms with E-state index < -0.39 is 46.2 Å². The van der Waals surface area contributed by atoms with Gasteiger partial charge in [0.1, 0.15) is 16.7 Å². The number of rotatable bonds is 9. The van der Waals surface area contributed by atoms with Gasteiger partial charge < -0.3 is 20.5 Å². The van der Waals surface area contributed by atoms with E-state index in [1.165, 1.54) is 24.4 Å². The van der Waals surface area contributed by atoms with Crippen molar-refractivity contribution in [1.82, 2.24) is 24.3 Å². The summed E-state index contributed by atoms with van der Waals surface area (Å²) in [6, 6.07) is 6.68. The van der Waals surface area contributed by atoms with Crippen LogP contribution in [0.1, 0.15) is 37.2 Å². The maximum atomic E-state index is 15.2. The second-order valence-electron chi connectivity index (χ2n) is 10.1. The minimum atomic E-state index is -1.29. The predicted molar refractivity (Wildman–Crippen MR) is 155 cm³/mol. The second-order valence-corrected chi connectivity index (χ2v) is 10.1. The Hall–Kier alpha value is -5.44. The third-order valence-electron chi connectivity index (χ3n) is 6.57. The third kappa shape index (κ3) is 5.76. The maximum absolute atomic E-state index is 15.2. The largest absolute Gasteiger partial charge is 0.453 e. The van der Waals surface area contributed by atoms with E-state index in [-0.39, 0.29) is 35.5 Å². The van der Waals surface area contributed by atoms with Crippen molar-refractivity contribution in [3.05, 3.63) is 98.7 Å². The summed E-state index contributed by atoms with van der Waals surface area (Å²) < 4.78 is 50.1. The van der Waals surface area contributed by atoms with Crippen molar-refractivity contribution >= 4 is 28.4 Å². The van der Waals surface area contributed by atoms with Crippen LogP contribution in [0.15, 0.2) is 64.4 Å². The minimum Gasteiger partial charge on any atom is -0.453 e. The molecule has 15 heteroatoms. The van der Waals surface area contributed by atoms with Crippen LogP contribution in [-0.2, 0) is 0 Å². The first kappa shape index (κ1) is 30.0. The average molecular weight is 610 g/mol. The molecule has 12 nitrogen and oxygen atoms in total. The number of halogens is 3. The SMILES string of the molecule is CC(C)n1cc(C(=O)Nc2ccc(Oc3ccnc4[nH]nc(N[C@@H](C)CO)c34)c(F)c2)c(=O)n(-c2ccc(F)c(F)c2)c1=O. The molecule has 0 unspecified atom stereocenters. The van der Waals surface area contributed by atoms with Crippen LogP contribution in [0.25, 0.3) is 16.7 Å². The lowest BCUT2D eigenvalue weighted by Crippen LogP contribution is -2.42. The van der Waals surface area contributed by atoms with Crippen molar-refractivity contribution in [3.63, 3.8) is 0 Å². The summed E-state index contributed by atoms with van der Waals surface area (Å²) >= 11 is 0. The summed E-state index contributed by atoms with van der Waals surface area (Å²) in [6.07, 6.45) is 2.49. The van der Waals surface area contributed by atoms with Gasteiger partial charge in [0.05, 0.1) is 12.3 Å². The highest BCUT2D eigenvalue weighted by atomic mass is 19.2. The molecule has 1 atom stereocenters. The number of carbonyl (C=O) groups excluding carboxylic acids is 1. The van der Waals surface area contributed by atoms with Gasteiger partial charge in [-0.05, 0) is 45.0 Å². The van der Waals surface area contributed by atoms with Crippen LogP contribution in [0.5, 0.6) is 11.5 Å². The fourth-order valence-electron chi connectivity index (χ4n) is 4.32. The number of pyridine rings is 1. The molecule has 1 amide bonds. The van der Waals surface area contributed by atoms with Gasteiger partial charge in [0, 0.05) is 48.4 Å². The Bertz CT molecular complexity index is 2000. The molecule has 3 heterocycles. The highest BCUT2D eigenvalue weighted by Gasteiger charge is 2.22. The maximum Gasteiger partial charge on any atom is 0.335 e. The Morgan fingerprint density at radius 2 is 1.80 bits per heavy atom. The molecule has 5 rings (SSSR count). The highest BCUT2D eigenvalue weighted by Crippen LogP contribution is 2.34. The summed E-state index contributed by atoms with van der Waals surface area (Å²) in [6.45, 7) is 4.83. The quantitative estimate of drug-likeness (QED) is 0.195. The van der Waals surface area contributed by atoms with Crippen molar-refractivity contribution in [2.24, 2.45) is 0 Å². The number of ether oxygens (including phenoxy) is 1. The lowest BCUT2D eigenvalue weighted by molar-refractivity contribution is 0.102. The minimum absolute atomic E-state index is 0.0387. The number of aromatic amines is 1. The lowest BCUT2D eigenvalue weighted by Gasteiger charge is -2.16. The number of aliphatic hydroxyl groups is 1. The average Bonchev–Trinajstić information content (AvgIpc) is 3.39. The van der Waals surface area contributed by atoms with Gasteiger partial charge in [0.15, 0.2) is 34.7 Å². The Kier molecular flexibility index (Phi) is 8.22. The van der Waals surface area contributed by atoms with Crippen molar-refractivity contribution in [2.75, 3.05) is 17.2 Å². The molecular weight excluding hydrogens is 583 g/mol. The number of amides is 1. The zero-order valence-electron chi connectivity index (χ0n) is 23.6. The molecule has 0 saturated carbocycles. The zero-order valence-corrected chi connectivity index (χ0v) is 23.6. The van der Waals surface area contributed by atoms with Crippen molar-refractivity contribution in [1.29, 1.82) is 0 Å². The van der Waals surface area contributed by atoms with Crippen molar-refractivity contribution < 1.29 is 27.8 Å². The number of nitrogens with zero attached hydrogens (tertiary/aromatic N) is 4. The molecule has 2 aromatic carbocycles. The third-order valence-corrected chi connectivity index (χ3v) is 6.57. The first-order chi connectivity index (χ1) is 21.0. The van der Waals surface area contributed by atoms with Gasteiger partial charge >= 0.3 is 5.69 Å². The van der Waals surface area contributed by atoms with Gasteiger partial charge in [0.25, 0.3) is 11.5 Å². The van der Waals surface area contributed by atoms with Gasteiger partial charge in [-0.1, -0.05) is 0 Å². The highest BCUT2D eigenvalue weighted by molar-refractivity contribution is 6.04. The predicted octanol–water partition coefficient (Wildman–Crippen LogP) is 4.11. The molecule has 5 aromatic rings. The number of aliphatic hydroxyl groups excluding tert-OH is 1. The molecule has 0 aliphatic carbocycles. The van der Waals surface area contributed by atoms with Crippen molar-refractivity contribution in [2.45, 2.75) is 32.9 Å². The number of carbonyl (C=O) groups is 1. The van der Waals surface area contributed by atoms with E-state index in [9.17, 15) is 28.3 Å². The van der Waals surface area contributed by atoms with Crippen LogP contribution in [0.2, 0.25) is 0 Å². The number of hydrogen-bond donors (Lipinski definition) is 4. The van der Waals surface area contributed by atoms with Gasteiger partial charge in [-0.2, -0.15) is 5.10 Å². The topological polar surface area (TPSA) is 156 Å². The van der Waals surface area contributed by atoms with E-state index in [0.717, 1.165) is 29.0 Å². The van der Waals surface area contributed by atoms with Gasteiger partial charge in [-0.15, -0.1) is 0 Å². The molecule has 0 saturated heterocycles. The fraction of sp³-hybridized carbons (Fsp3) is 0.207. The molecule has 0 fully saturated rings. The van der Waals surface area contributed by atoms with E-state index in [0.29, 0.717) is 27.5 Å². The monoisotopic (exact) mass is 609 g/mol. The Balaban J connectivity index is 1.45. The van der Waals surface area contributed by atoms with Crippen LogP contribution in [-0.4, -0.2) is 48.0 Å². The lowest BCUT2D eigenvalue weighted by atomic mass is 10.2. The molecule has 228 valence electrons. The van der Waals surface area contributed by atoms with Crippen molar-refractivity contribution in [3.8, 4) is 17.2 Å². The molecule has 0 radical (unpaired) electrons. The van der Waals surface area contributed by atoms with Gasteiger partial charge in [-0.25, -0.2) is 27.5 Å². The van der Waals surface area contributed by atoms with Crippen LogP contribution in [0.4, 0.5) is 24.7 Å². The molecule has 0 aliphatic rings. The number of aromatic nitrogens is 5. The summed E-state index contributed by atoms with van der Waals surface area (Å²) in [5, 5.41) is 22.1. The molecule has 44 heavy (non-hydrogen) atoms. The van der Waals surface area contributed by atoms with Crippen LogP contribution in [0.3, 0.4) is 0 Å². The van der Waals surface area contributed by atoms with E-state index in [4.69, 9.17) is 4.74 Å². The number of hydrogen-bond acceptors (Lipinski definition) is 8. The molecule has 3 aromatic heterocycles. The number of benzene rings is 2. The first-order valence-corrected chi connectivity index (χ1v) is 13.3. The van der Waals surface area contributed by atoms with E-state index in [2.05, 4.69) is 25.8 Å². The fourth-order valence-corrected chi connectivity index (χ4v) is 4.32. The first-order valence-electron chi connectivity index (χ1n) is 13.3. The van der Waals surface area contributed by atoms with Crippen LogP contribution < -0.4 is 26.6 Å². The van der Waals surface area contributed by atoms with Gasteiger partial charge in [-0.3, -0.25) is 19.3 Å². The normalized spacial score (nSPS) is 12.0. The van der Waals surface area contributed by atoms with Crippen LogP contribution >= 0.6 is 0 Å². The molecular formula is C29H26F3N7O5. The van der Waals surface area contributed by atoms with Crippen LogP contribution in [0, 0.1) is 17.5 Å². The molecule has 0 bridgehead atoms. The summed E-state index contributed by atoms with van der Waals surface area (Å²) in [5.41, 5.74) is -2.41. The Morgan fingerprint density at radius 3 is 2.48 bits per heavy atom. The van der Waals surface area contributed by atoms with E-state index in [1.807, 2.05) is 0 Å². The number of H-pyrrole nitrogens is 1. The number of nitrogens with one attached hydrogen (secondary N) is 3. The van der Waals surface area contributed by atoms with Gasteiger partial charge in [0.2, 0.25) is 0 Å². The second kappa shape index (κ2) is 12.0. The van der Waals surface area contributed by atoms with E-state index >= 15 is 4.39 Å². The molecule has 0 spiro atoms. The Morgan fingerprint density at radius 1 is 1.02 bits per heavy atom. The standard InChI is InChI=1S/C29H26F3N7O5/c1-14(2)38-12-18(28(42)39(29(38)43)17-5-6-19(30)20(31)11-17)27(41)35-16-4-7-22(21(32)10-16)44-23-8-9-33-25-24(23)26(37-36-25)34-15(3)13-40/h4-12,14-15,40H,13H2,1-3H3,(H,35,41)(H2,33,34,36,37)/t15-/m0/s1. The smallest absolute Gasteiger partial charge is 0.335 e. The summed E-state index contributed by atoms with van der Waals surface area (Å²) in [5.74, 6) is -3.96. The zero-order chi connectivity index (χ0) is 31.7. The molecule has 4 N–H and O–H groups in total. The Labute approximate surface area is 246 Å². The molecule has 0 aliphatic heterocycles. The summed E-state index contributed by atoms with van der Waals surface area (Å²) in [4.78, 5) is 43.7. The van der Waals surface area contributed by atoms with E-state index in [1.54, 1.807) is 20.8 Å². The number of anilines is 2. The number of fused-ring (bicyclic) bond motifs is 1. The summed E-state index contributed by atoms with van der Waals surface area (Å²) in [7, 11) is 0.